The van der Waals surface area contributed by atoms with Crippen molar-refractivity contribution >= 4 is 23.3 Å². The van der Waals surface area contributed by atoms with E-state index < -0.39 is 12.0 Å². The smallest absolute Gasteiger partial charge is 0.314 e. The van der Waals surface area contributed by atoms with Gasteiger partial charge in [0.2, 0.25) is 0 Å². The van der Waals surface area contributed by atoms with Gasteiger partial charge in [-0.3, -0.25) is 9.59 Å². The molecule has 3 rings (SSSR count). The molecule has 1 aliphatic rings. The molecule has 2 aromatic carbocycles. The van der Waals surface area contributed by atoms with E-state index in [2.05, 4.69) is 10.2 Å². The van der Waals surface area contributed by atoms with Crippen LogP contribution in [0.25, 0.3) is 0 Å². The lowest BCUT2D eigenvalue weighted by Gasteiger charge is -2.29. The summed E-state index contributed by atoms with van der Waals surface area (Å²) in [6, 6.07) is 17.3. The number of hydrogen-bond acceptors (Lipinski definition) is 5. The number of anilines is 2. The van der Waals surface area contributed by atoms with Gasteiger partial charge in [-0.05, 0) is 42.7 Å². The van der Waals surface area contributed by atoms with Gasteiger partial charge in [0.15, 0.2) is 6.10 Å². The third-order valence-corrected chi connectivity index (χ3v) is 5.80. The van der Waals surface area contributed by atoms with E-state index in [0.717, 1.165) is 44.0 Å². The number of nitrogens with zero attached hydrogens (tertiary/aromatic N) is 1. The summed E-state index contributed by atoms with van der Waals surface area (Å²) < 4.78 is 11.0. The van der Waals surface area contributed by atoms with E-state index in [0.29, 0.717) is 5.69 Å². The summed E-state index contributed by atoms with van der Waals surface area (Å²) >= 11 is 0. The highest BCUT2D eigenvalue weighted by atomic mass is 16.5. The monoisotopic (exact) mass is 424 g/mol. The summed E-state index contributed by atoms with van der Waals surface area (Å²) in [5, 5.41) is 2.84. The summed E-state index contributed by atoms with van der Waals surface area (Å²) in [6.45, 7) is 8.84. The third-order valence-electron chi connectivity index (χ3n) is 5.80. The molecule has 1 heterocycles. The topological polar surface area (TPSA) is 67.9 Å². The van der Waals surface area contributed by atoms with Crippen LogP contribution in [0.4, 0.5) is 11.4 Å². The molecule has 1 N–H and O–H groups in total. The number of rotatable bonds is 8. The zero-order valence-electron chi connectivity index (χ0n) is 18.5. The minimum absolute atomic E-state index is 0.109. The van der Waals surface area contributed by atoms with Gasteiger partial charge in [-0.1, -0.05) is 50.6 Å². The molecule has 0 aliphatic carbocycles. The molecule has 6 nitrogen and oxygen atoms in total. The van der Waals surface area contributed by atoms with E-state index in [4.69, 9.17) is 9.47 Å². The van der Waals surface area contributed by atoms with Gasteiger partial charge in [0.1, 0.15) is 0 Å². The number of hydrogen-bond donors (Lipinski definition) is 1. The van der Waals surface area contributed by atoms with Crippen molar-refractivity contribution in [2.45, 2.75) is 39.2 Å². The van der Waals surface area contributed by atoms with Crippen LogP contribution in [0.3, 0.4) is 0 Å². The van der Waals surface area contributed by atoms with Crippen LogP contribution >= 0.6 is 0 Å². The summed E-state index contributed by atoms with van der Waals surface area (Å²) in [7, 11) is 0. The molecular weight excluding hydrogens is 392 g/mol. The fraction of sp³-hybridized carbons (Fsp3) is 0.440. The Hall–Kier alpha value is -2.86. The molecule has 0 saturated carbocycles. The Balaban J connectivity index is 1.59. The van der Waals surface area contributed by atoms with Gasteiger partial charge in [0.05, 0.1) is 19.1 Å². The van der Waals surface area contributed by atoms with Crippen LogP contribution in [-0.4, -0.2) is 44.3 Å². The van der Waals surface area contributed by atoms with Crippen molar-refractivity contribution in [2.75, 3.05) is 36.5 Å². The molecule has 0 radical (unpaired) electrons. The highest BCUT2D eigenvalue weighted by molar-refractivity contribution is 5.95. The SMILES string of the molecule is CC[C@H](C)[C@@H](C(=O)O[C@@H](C)C(=O)Nc1ccc(N2CCOCC2)cc1)c1ccccc1. The van der Waals surface area contributed by atoms with Crippen molar-refractivity contribution in [1.82, 2.24) is 0 Å². The molecule has 1 amide bonds. The van der Waals surface area contributed by atoms with Crippen molar-refractivity contribution < 1.29 is 19.1 Å². The predicted octanol–water partition coefficient (Wildman–Crippen LogP) is 4.22. The van der Waals surface area contributed by atoms with Crippen molar-refractivity contribution in [1.29, 1.82) is 0 Å². The van der Waals surface area contributed by atoms with E-state index >= 15 is 0 Å². The standard InChI is InChI=1S/C25H32N2O4/c1-4-18(2)23(20-8-6-5-7-9-20)25(29)31-19(3)24(28)26-21-10-12-22(13-11-21)27-14-16-30-17-15-27/h5-13,18-19,23H,4,14-17H2,1-3H3,(H,26,28)/t18-,19-,23+/m0/s1. The molecule has 0 bridgehead atoms. The van der Waals surface area contributed by atoms with Crippen molar-refractivity contribution in [3.63, 3.8) is 0 Å². The van der Waals surface area contributed by atoms with Gasteiger partial charge in [-0.2, -0.15) is 0 Å². The first kappa shape index (κ1) is 22.8. The van der Waals surface area contributed by atoms with Gasteiger partial charge < -0.3 is 19.7 Å². The molecule has 166 valence electrons. The van der Waals surface area contributed by atoms with Gasteiger partial charge in [0, 0.05) is 24.5 Å². The van der Waals surface area contributed by atoms with Crippen LogP contribution < -0.4 is 10.2 Å². The Bertz CT molecular complexity index is 848. The number of carbonyl (C=O) groups is 2. The van der Waals surface area contributed by atoms with Gasteiger partial charge in [-0.25, -0.2) is 0 Å². The number of morpholine rings is 1. The highest BCUT2D eigenvalue weighted by Gasteiger charge is 2.30. The predicted molar refractivity (Wildman–Crippen MR) is 122 cm³/mol. The summed E-state index contributed by atoms with van der Waals surface area (Å²) in [5.41, 5.74) is 2.68. The summed E-state index contributed by atoms with van der Waals surface area (Å²) in [6.07, 6.45) is -0.0493. The molecule has 0 aromatic heterocycles. The average molecular weight is 425 g/mol. The Labute approximate surface area is 184 Å². The zero-order chi connectivity index (χ0) is 22.2. The van der Waals surface area contributed by atoms with Crippen molar-refractivity contribution in [3.8, 4) is 0 Å². The van der Waals surface area contributed by atoms with Crippen molar-refractivity contribution in [3.05, 3.63) is 60.2 Å². The first-order valence-electron chi connectivity index (χ1n) is 11.0. The molecule has 0 spiro atoms. The molecule has 2 aromatic rings. The fourth-order valence-corrected chi connectivity index (χ4v) is 3.72. The first-order chi connectivity index (χ1) is 15.0. The maximum atomic E-state index is 12.9. The van der Waals surface area contributed by atoms with E-state index in [-0.39, 0.29) is 17.8 Å². The zero-order valence-corrected chi connectivity index (χ0v) is 18.5. The number of esters is 1. The summed E-state index contributed by atoms with van der Waals surface area (Å²) in [5.74, 6) is -0.999. The normalized spacial score (nSPS) is 16.8. The quantitative estimate of drug-likeness (QED) is 0.643. The minimum atomic E-state index is -0.887. The van der Waals surface area contributed by atoms with E-state index in [9.17, 15) is 9.59 Å². The number of ether oxygens (including phenoxy) is 2. The Morgan fingerprint density at radius 1 is 1.03 bits per heavy atom. The number of nitrogens with one attached hydrogen (secondary N) is 1. The maximum absolute atomic E-state index is 12.9. The Morgan fingerprint density at radius 2 is 1.68 bits per heavy atom. The largest absolute Gasteiger partial charge is 0.452 e. The fourth-order valence-electron chi connectivity index (χ4n) is 3.72. The highest BCUT2D eigenvalue weighted by Crippen LogP contribution is 2.29. The van der Waals surface area contributed by atoms with Gasteiger partial charge in [0.25, 0.3) is 5.91 Å². The first-order valence-corrected chi connectivity index (χ1v) is 11.0. The Kier molecular flexibility index (Phi) is 8.06. The minimum Gasteiger partial charge on any atom is -0.452 e. The number of carbonyl (C=O) groups excluding carboxylic acids is 2. The number of benzene rings is 2. The van der Waals surface area contributed by atoms with Crippen LogP contribution in [0, 0.1) is 5.92 Å². The lowest BCUT2D eigenvalue weighted by molar-refractivity contribution is -0.155. The van der Waals surface area contributed by atoms with Gasteiger partial charge >= 0.3 is 5.97 Å². The molecule has 1 saturated heterocycles. The second-order valence-electron chi connectivity index (χ2n) is 7.99. The molecule has 1 aliphatic heterocycles. The van der Waals surface area contributed by atoms with Crippen LogP contribution in [0.1, 0.15) is 38.7 Å². The van der Waals surface area contributed by atoms with Crippen molar-refractivity contribution in [2.24, 2.45) is 5.92 Å². The van der Waals surface area contributed by atoms with Crippen LogP contribution in [0.15, 0.2) is 54.6 Å². The maximum Gasteiger partial charge on any atom is 0.314 e. The second kappa shape index (κ2) is 11.0. The molecule has 0 unspecified atom stereocenters. The van der Waals surface area contributed by atoms with Crippen LogP contribution in [0.5, 0.6) is 0 Å². The summed E-state index contributed by atoms with van der Waals surface area (Å²) in [4.78, 5) is 27.8. The van der Waals surface area contributed by atoms with E-state index in [1.54, 1.807) is 6.92 Å². The van der Waals surface area contributed by atoms with E-state index in [1.165, 1.54) is 0 Å². The van der Waals surface area contributed by atoms with E-state index in [1.807, 2.05) is 68.4 Å². The van der Waals surface area contributed by atoms with Crippen LogP contribution in [0.2, 0.25) is 0 Å². The average Bonchev–Trinajstić information content (AvgIpc) is 2.80. The number of amides is 1. The lowest BCUT2D eigenvalue weighted by Crippen LogP contribution is -2.36. The second-order valence-corrected chi connectivity index (χ2v) is 7.99. The molecule has 3 atom stereocenters. The molecule has 1 fully saturated rings. The Morgan fingerprint density at radius 3 is 2.29 bits per heavy atom. The van der Waals surface area contributed by atoms with Crippen LogP contribution in [-0.2, 0) is 19.1 Å². The molecular formula is C25H32N2O4. The molecule has 31 heavy (non-hydrogen) atoms. The molecule has 6 heteroatoms. The lowest BCUT2D eigenvalue weighted by atomic mass is 9.85. The van der Waals surface area contributed by atoms with Gasteiger partial charge in [-0.15, -0.1) is 0 Å². The third kappa shape index (κ3) is 6.07.